The number of hydrogen-bond acceptors (Lipinski definition) is 8. The highest BCUT2D eigenvalue weighted by molar-refractivity contribution is 7.89. The van der Waals surface area contributed by atoms with E-state index < -0.39 is 32.0 Å². The maximum absolute atomic E-state index is 13.9. The van der Waals surface area contributed by atoms with Gasteiger partial charge in [0.1, 0.15) is 5.75 Å². The Morgan fingerprint density at radius 3 is 1.40 bits per heavy atom. The molecule has 0 aliphatic carbocycles. The van der Waals surface area contributed by atoms with Crippen molar-refractivity contribution >= 4 is 43.6 Å². The van der Waals surface area contributed by atoms with E-state index in [2.05, 4.69) is 5.32 Å². The lowest BCUT2D eigenvalue weighted by atomic mass is 10.1. The Hall–Kier alpha value is -6.65. The molecule has 308 valence electrons. The third-order valence-electron chi connectivity index (χ3n) is 9.51. The van der Waals surface area contributed by atoms with Gasteiger partial charge in [-0.05, 0) is 101 Å². The minimum atomic E-state index is -4.09. The van der Waals surface area contributed by atoms with Crippen LogP contribution in [0.5, 0.6) is 5.75 Å². The number of sulfonamides is 2. The quantitative estimate of drug-likeness (QED) is 0.0809. The molecule has 0 saturated carbocycles. The fraction of sp³-hybridized carbons (Fsp3) is 0.133. The van der Waals surface area contributed by atoms with Gasteiger partial charge in [0, 0.05) is 31.9 Å². The van der Waals surface area contributed by atoms with Crippen LogP contribution in [0.2, 0.25) is 0 Å². The van der Waals surface area contributed by atoms with Crippen molar-refractivity contribution in [2.45, 2.75) is 42.4 Å². The lowest BCUT2D eigenvalue weighted by Crippen LogP contribution is -2.30. The number of nitrogens with one attached hydrogen (secondary N) is 1. The van der Waals surface area contributed by atoms with Crippen LogP contribution in [0.3, 0.4) is 0 Å². The fourth-order valence-electron chi connectivity index (χ4n) is 6.34. The summed E-state index contributed by atoms with van der Waals surface area (Å²) < 4.78 is 63.4. The summed E-state index contributed by atoms with van der Waals surface area (Å²) in [5.74, 6) is -2.06. The summed E-state index contributed by atoms with van der Waals surface area (Å²) in [6.45, 7) is 0.0183. The molecule has 0 radical (unpaired) electrons. The van der Waals surface area contributed by atoms with Gasteiger partial charge in [0.15, 0.2) is 0 Å². The minimum Gasteiger partial charge on any atom is -0.497 e. The molecule has 0 aromatic heterocycles. The van der Waals surface area contributed by atoms with Crippen molar-refractivity contribution in [1.82, 2.24) is 8.61 Å². The molecule has 0 heterocycles. The molecule has 0 fully saturated rings. The molecule has 0 atom stereocenters. The molecule has 0 bridgehead atoms. The predicted octanol–water partition coefficient (Wildman–Crippen LogP) is 7.06. The summed E-state index contributed by atoms with van der Waals surface area (Å²) in [4.78, 5) is 35.9. The molecule has 1 amide bonds. The van der Waals surface area contributed by atoms with E-state index in [1.54, 1.807) is 72.8 Å². The highest BCUT2D eigenvalue weighted by Crippen LogP contribution is 2.25. The minimum absolute atomic E-state index is 0.0143. The molecule has 13 nitrogen and oxygen atoms in total. The molecule has 15 heteroatoms. The number of hydrogen-bond donors (Lipinski definition) is 3. The summed E-state index contributed by atoms with van der Waals surface area (Å²) in [5, 5.41) is 21.5. The van der Waals surface area contributed by atoms with E-state index in [4.69, 9.17) is 4.74 Å². The molecule has 3 N–H and O–H groups in total. The number of amides is 1. The SMILES string of the molecule is COc1ccc(CN(Cc2ccc(NC(=O)Cc3cccc(CN(Cc4ccccc4)S(=O)(=O)c4ccc(C(=O)O)cc4)c3)cc2)S(=O)(=O)c2ccc(C(=O)O)cc2)cc1. The zero-order valence-corrected chi connectivity index (χ0v) is 34.0. The number of methoxy groups -OCH3 is 1. The monoisotopic (exact) mass is 847 g/mol. The van der Waals surface area contributed by atoms with Crippen LogP contribution in [-0.4, -0.2) is 60.6 Å². The third-order valence-corrected chi connectivity index (χ3v) is 13.1. The maximum atomic E-state index is 13.9. The first kappa shape index (κ1) is 42.9. The summed E-state index contributed by atoms with van der Waals surface area (Å²) in [6.07, 6.45) is -0.0216. The Bertz CT molecular complexity index is 2670. The average molecular weight is 848 g/mol. The van der Waals surface area contributed by atoms with Gasteiger partial charge in [-0.2, -0.15) is 8.61 Å². The average Bonchev–Trinajstić information content (AvgIpc) is 3.24. The predicted molar refractivity (Wildman–Crippen MR) is 224 cm³/mol. The normalized spacial score (nSPS) is 11.7. The van der Waals surface area contributed by atoms with Crippen molar-refractivity contribution in [3.05, 3.63) is 191 Å². The first-order valence-electron chi connectivity index (χ1n) is 18.5. The van der Waals surface area contributed by atoms with Crippen LogP contribution in [0.1, 0.15) is 48.5 Å². The molecule has 6 aromatic rings. The lowest BCUT2D eigenvalue weighted by molar-refractivity contribution is -0.115. The third kappa shape index (κ3) is 10.9. The van der Waals surface area contributed by atoms with Crippen LogP contribution in [-0.2, 0) is 57.4 Å². The second-order valence-corrected chi connectivity index (χ2v) is 17.7. The molecular formula is C45H41N3O10S2. The lowest BCUT2D eigenvalue weighted by Gasteiger charge is -2.23. The highest BCUT2D eigenvalue weighted by Gasteiger charge is 2.27. The molecule has 0 spiro atoms. The van der Waals surface area contributed by atoms with Crippen molar-refractivity contribution in [3.8, 4) is 5.75 Å². The Kier molecular flexibility index (Phi) is 13.6. The molecule has 0 saturated heterocycles. The number of carboxylic acids is 2. The summed E-state index contributed by atoms with van der Waals surface area (Å²) >= 11 is 0. The van der Waals surface area contributed by atoms with E-state index in [9.17, 15) is 41.4 Å². The van der Waals surface area contributed by atoms with Gasteiger partial charge in [0.05, 0.1) is 34.4 Å². The molecule has 0 aliphatic heterocycles. The second-order valence-electron chi connectivity index (χ2n) is 13.8. The summed E-state index contributed by atoms with van der Waals surface area (Å²) in [7, 11) is -6.63. The van der Waals surface area contributed by atoms with Crippen LogP contribution in [0.25, 0.3) is 0 Å². The van der Waals surface area contributed by atoms with E-state index >= 15 is 0 Å². The standard InChI is InChI=1S/C45H41N3O10S2/c1-58-40-20-12-34(13-21-40)30-47(59(54,55)41-22-14-37(15-23-41)44(50)51)29-33-10-18-39(19-11-33)46-43(49)27-35-8-5-9-36(26-35)31-48(28-32-6-3-2-4-7-32)60(56,57)42-24-16-38(17-25-42)45(52)53/h2-26H,27-31H2,1H3,(H,46,49)(H,50,51)(H,52,53). The van der Waals surface area contributed by atoms with Gasteiger partial charge in [-0.25, -0.2) is 26.4 Å². The molecule has 60 heavy (non-hydrogen) atoms. The first-order valence-corrected chi connectivity index (χ1v) is 21.4. The maximum Gasteiger partial charge on any atom is 0.335 e. The zero-order chi connectivity index (χ0) is 42.9. The van der Waals surface area contributed by atoms with Crippen molar-refractivity contribution in [1.29, 1.82) is 0 Å². The van der Waals surface area contributed by atoms with E-state index in [1.807, 2.05) is 30.3 Å². The van der Waals surface area contributed by atoms with E-state index in [0.29, 0.717) is 33.7 Å². The van der Waals surface area contributed by atoms with Gasteiger partial charge in [-0.15, -0.1) is 0 Å². The van der Waals surface area contributed by atoms with Gasteiger partial charge in [-0.1, -0.05) is 78.9 Å². The number of benzene rings is 6. The number of carboxylic acid groups (broad SMARTS) is 2. The van der Waals surface area contributed by atoms with Crippen molar-refractivity contribution in [2.24, 2.45) is 0 Å². The number of aromatic carboxylic acids is 2. The van der Waals surface area contributed by atoms with Crippen LogP contribution >= 0.6 is 0 Å². The number of rotatable bonds is 18. The fourth-order valence-corrected chi connectivity index (χ4v) is 9.17. The van der Waals surface area contributed by atoms with E-state index in [0.717, 1.165) is 5.56 Å². The molecule has 6 aromatic carbocycles. The van der Waals surface area contributed by atoms with E-state index in [1.165, 1.54) is 64.3 Å². The topological polar surface area (TPSA) is 188 Å². The Morgan fingerprint density at radius 2 is 0.933 bits per heavy atom. The largest absolute Gasteiger partial charge is 0.497 e. The van der Waals surface area contributed by atoms with Crippen LogP contribution in [0.4, 0.5) is 5.69 Å². The van der Waals surface area contributed by atoms with Crippen molar-refractivity contribution in [2.75, 3.05) is 12.4 Å². The molecule has 6 rings (SSSR count). The number of carbonyl (C=O) groups excluding carboxylic acids is 1. The number of ether oxygens (including phenoxy) is 1. The van der Waals surface area contributed by atoms with Gasteiger partial charge >= 0.3 is 11.9 Å². The first-order chi connectivity index (χ1) is 28.7. The Balaban J connectivity index is 1.14. The molecule has 0 aliphatic rings. The van der Waals surface area contributed by atoms with Crippen LogP contribution in [0, 0.1) is 0 Å². The summed E-state index contributed by atoms with van der Waals surface area (Å²) in [6, 6.07) is 39.9. The van der Waals surface area contributed by atoms with Crippen molar-refractivity contribution in [3.63, 3.8) is 0 Å². The Labute approximate surface area is 348 Å². The van der Waals surface area contributed by atoms with Gasteiger partial charge in [0.25, 0.3) is 0 Å². The molecular weight excluding hydrogens is 807 g/mol. The molecule has 0 unspecified atom stereocenters. The Morgan fingerprint density at radius 1 is 0.517 bits per heavy atom. The van der Waals surface area contributed by atoms with Crippen molar-refractivity contribution < 1.29 is 46.2 Å². The number of carbonyl (C=O) groups is 3. The smallest absolute Gasteiger partial charge is 0.335 e. The van der Waals surface area contributed by atoms with Gasteiger partial charge in [0.2, 0.25) is 26.0 Å². The van der Waals surface area contributed by atoms with E-state index in [-0.39, 0.29) is 59.4 Å². The highest BCUT2D eigenvalue weighted by atomic mass is 32.2. The number of nitrogens with zero attached hydrogens (tertiary/aromatic N) is 2. The number of anilines is 1. The van der Waals surface area contributed by atoms with Crippen LogP contribution in [0.15, 0.2) is 161 Å². The van der Waals surface area contributed by atoms with Gasteiger partial charge in [-0.3, -0.25) is 4.79 Å². The summed E-state index contributed by atoms with van der Waals surface area (Å²) in [5.41, 5.74) is 3.76. The van der Waals surface area contributed by atoms with Crippen LogP contribution < -0.4 is 10.1 Å². The van der Waals surface area contributed by atoms with Gasteiger partial charge < -0.3 is 20.3 Å². The second kappa shape index (κ2) is 18.9. The zero-order valence-electron chi connectivity index (χ0n) is 32.3.